The molecule has 0 aliphatic carbocycles. The lowest BCUT2D eigenvalue weighted by Crippen LogP contribution is -2.42. The van der Waals surface area contributed by atoms with Crippen LogP contribution in [0, 0.1) is 0 Å². The topological polar surface area (TPSA) is 66.4 Å². The predicted octanol–water partition coefficient (Wildman–Crippen LogP) is 5.47. The fourth-order valence-corrected chi connectivity index (χ4v) is 4.12. The van der Waals surface area contributed by atoms with E-state index in [2.05, 4.69) is 24.3 Å². The first-order chi connectivity index (χ1) is 17.7. The third-order valence-electron chi connectivity index (χ3n) is 6.11. The summed E-state index contributed by atoms with van der Waals surface area (Å²) < 4.78 is 29.5. The van der Waals surface area contributed by atoms with Crippen molar-refractivity contribution in [3.05, 3.63) is 84.4 Å². The summed E-state index contributed by atoms with van der Waals surface area (Å²) in [6, 6.07) is 25.5. The fraction of sp³-hybridized carbons (Fsp3) is 0.400. The lowest BCUT2D eigenvalue weighted by atomic mass is 9.96. The number of rotatable bonds is 6. The molecule has 0 unspecified atom stereocenters. The molecule has 1 aliphatic heterocycles. The highest BCUT2D eigenvalue weighted by Gasteiger charge is 2.30. The van der Waals surface area contributed by atoms with E-state index in [-0.39, 0.29) is 13.2 Å². The Morgan fingerprint density at radius 3 is 1.61 bits per heavy atom. The molecule has 1 aliphatic rings. The zero-order chi connectivity index (χ0) is 24.9. The van der Waals surface area contributed by atoms with Crippen LogP contribution in [-0.2, 0) is 11.2 Å². The number of benzene rings is 3. The van der Waals surface area contributed by atoms with Gasteiger partial charge in [0.1, 0.15) is 32.0 Å². The van der Waals surface area contributed by atoms with E-state index in [0.717, 1.165) is 25.7 Å². The SMILES string of the molecule is OC1(CCCCCc2ccccc2)COc2ccccc2OCCOCCOc2ccccc2OC1. The Kier molecular flexibility index (Phi) is 9.88. The molecule has 6 nitrogen and oxygen atoms in total. The molecule has 0 spiro atoms. The van der Waals surface area contributed by atoms with Crippen molar-refractivity contribution in [1.29, 1.82) is 0 Å². The first-order valence-corrected chi connectivity index (χ1v) is 12.8. The Hall–Kier alpha value is -3.22. The Morgan fingerprint density at radius 2 is 1.06 bits per heavy atom. The van der Waals surface area contributed by atoms with Crippen molar-refractivity contribution in [1.82, 2.24) is 0 Å². The second kappa shape index (κ2) is 13.8. The van der Waals surface area contributed by atoms with Crippen LogP contribution < -0.4 is 18.9 Å². The number of hydrogen-bond acceptors (Lipinski definition) is 6. The van der Waals surface area contributed by atoms with E-state index < -0.39 is 5.60 Å². The lowest BCUT2D eigenvalue weighted by molar-refractivity contribution is -0.0486. The maximum atomic E-state index is 11.6. The van der Waals surface area contributed by atoms with E-state index in [0.29, 0.717) is 55.8 Å². The van der Waals surface area contributed by atoms with Crippen molar-refractivity contribution in [3.63, 3.8) is 0 Å². The standard InChI is InChI=1S/C30H36O6/c31-30(18-10-2-5-13-25-11-3-1-4-12-25)23-35-28-16-8-6-14-26(28)33-21-19-32-20-22-34-27-15-7-9-17-29(27)36-24-30/h1,3-4,6-9,11-12,14-17,31H,2,5,10,13,18-24H2. The summed E-state index contributed by atoms with van der Waals surface area (Å²) in [5.41, 5.74) is 0.166. The molecule has 0 radical (unpaired) electrons. The van der Waals surface area contributed by atoms with Gasteiger partial charge in [0.05, 0.1) is 13.2 Å². The van der Waals surface area contributed by atoms with Crippen LogP contribution >= 0.6 is 0 Å². The molecule has 36 heavy (non-hydrogen) atoms. The summed E-state index contributed by atoms with van der Waals surface area (Å²) in [5.74, 6) is 2.44. The highest BCUT2D eigenvalue weighted by Crippen LogP contribution is 2.31. The number of fused-ring (bicyclic) bond motifs is 2. The van der Waals surface area contributed by atoms with E-state index in [4.69, 9.17) is 23.7 Å². The number of aliphatic hydroxyl groups is 1. The average molecular weight is 493 g/mol. The Morgan fingerprint density at radius 1 is 0.556 bits per heavy atom. The van der Waals surface area contributed by atoms with Crippen LogP contribution in [0.2, 0.25) is 0 Å². The molecule has 1 N–H and O–H groups in total. The molecular formula is C30H36O6. The summed E-state index contributed by atoms with van der Waals surface area (Å²) in [6.07, 6.45) is 4.53. The van der Waals surface area contributed by atoms with Crippen molar-refractivity contribution in [2.75, 3.05) is 39.6 Å². The molecule has 4 rings (SSSR count). The normalized spacial score (nSPS) is 16.2. The molecular weight excluding hydrogens is 456 g/mol. The van der Waals surface area contributed by atoms with E-state index in [1.165, 1.54) is 5.56 Å². The molecule has 1 heterocycles. The third kappa shape index (κ3) is 8.18. The van der Waals surface area contributed by atoms with Crippen LogP contribution in [0.5, 0.6) is 23.0 Å². The fourth-order valence-electron chi connectivity index (χ4n) is 4.12. The van der Waals surface area contributed by atoms with E-state index >= 15 is 0 Å². The first kappa shape index (κ1) is 25.9. The molecule has 0 fully saturated rings. The minimum Gasteiger partial charge on any atom is -0.487 e. The Labute approximate surface area is 213 Å². The van der Waals surface area contributed by atoms with Gasteiger partial charge in [-0.25, -0.2) is 0 Å². The zero-order valence-corrected chi connectivity index (χ0v) is 20.8. The minimum absolute atomic E-state index is 0.0889. The van der Waals surface area contributed by atoms with E-state index in [1.807, 2.05) is 54.6 Å². The van der Waals surface area contributed by atoms with Crippen LogP contribution in [0.4, 0.5) is 0 Å². The summed E-state index contributed by atoms with van der Waals surface area (Å²) in [4.78, 5) is 0. The van der Waals surface area contributed by atoms with Crippen molar-refractivity contribution in [2.45, 2.75) is 37.7 Å². The first-order valence-electron chi connectivity index (χ1n) is 12.8. The molecule has 0 amide bonds. The van der Waals surface area contributed by atoms with Gasteiger partial charge in [-0.2, -0.15) is 0 Å². The van der Waals surface area contributed by atoms with Gasteiger partial charge in [-0.05, 0) is 49.1 Å². The molecule has 0 atom stereocenters. The molecule has 192 valence electrons. The van der Waals surface area contributed by atoms with Gasteiger partial charge in [0.25, 0.3) is 0 Å². The smallest absolute Gasteiger partial charge is 0.161 e. The maximum absolute atomic E-state index is 11.6. The third-order valence-corrected chi connectivity index (χ3v) is 6.11. The van der Waals surface area contributed by atoms with Crippen molar-refractivity contribution in [3.8, 4) is 23.0 Å². The summed E-state index contributed by atoms with van der Waals surface area (Å²) in [7, 11) is 0. The Bertz CT molecular complexity index is 983. The highest BCUT2D eigenvalue weighted by molar-refractivity contribution is 5.40. The van der Waals surface area contributed by atoms with Crippen LogP contribution in [0.3, 0.4) is 0 Å². The second-order valence-electron chi connectivity index (χ2n) is 9.05. The molecule has 6 heteroatoms. The van der Waals surface area contributed by atoms with E-state index in [9.17, 15) is 5.11 Å². The van der Waals surface area contributed by atoms with Gasteiger partial charge >= 0.3 is 0 Å². The number of para-hydroxylation sites is 4. The zero-order valence-electron chi connectivity index (χ0n) is 20.8. The van der Waals surface area contributed by atoms with Crippen LogP contribution in [0.1, 0.15) is 31.2 Å². The molecule has 0 saturated carbocycles. The molecule has 0 saturated heterocycles. The number of unbranched alkanes of at least 4 members (excludes halogenated alkanes) is 2. The number of ether oxygens (including phenoxy) is 5. The van der Waals surface area contributed by atoms with Crippen LogP contribution in [-0.4, -0.2) is 50.3 Å². The monoisotopic (exact) mass is 492 g/mol. The van der Waals surface area contributed by atoms with Crippen LogP contribution in [0.15, 0.2) is 78.9 Å². The van der Waals surface area contributed by atoms with Gasteiger partial charge < -0.3 is 28.8 Å². The lowest BCUT2D eigenvalue weighted by Gasteiger charge is -2.29. The van der Waals surface area contributed by atoms with E-state index in [1.54, 1.807) is 0 Å². The second-order valence-corrected chi connectivity index (χ2v) is 9.05. The van der Waals surface area contributed by atoms with Gasteiger partial charge in [-0.3, -0.25) is 0 Å². The van der Waals surface area contributed by atoms with Gasteiger partial charge in [0, 0.05) is 0 Å². The van der Waals surface area contributed by atoms with Crippen LogP contribution in [0.25, 0.3) is 0 Å². The molecule has 0 bridgehead atoms. The average Bonchev–Trinajstić information content (AvgIpc) is 2.91. The molecule has 0 aromatic heterocycles. The molecule has 3 aromatic rings. The van der Waals surface area contributed by atoms with Gasteiger partial charge in [0.2, 0.25) is 0 Å². The summed E-state index contributed by atoms with van der Waals surface area (Å²) >= 11 is 0. The highest BCUT2D eigenvalue weighted by atomic mass is 16.6. The van der Waals surface area contributed by atoms with Gasteiger partial charge in [0.15, 0.2) is 23.0 Å². The summed E-state index contributed by atoms with van der Waals surface area (Å²) in [6.45, 7) is 1.83. The maximum Gasteiger partial charge on any atom is 0.161 e. The number of aryl methyl sites for hydroxylation is 1. The van der Waals surface area contributed by atoms with Crippen molar-refractivity contribution in [2.24, 2.45) is 0 Å². The van der Waals surface area contributed by atoms with Gasteiger partial charge in [-0.15, -0.1) is 0 Å². The van der Waals surface area contributed by atoms with Gasteiger partial charge in [-0.1, -0.05) is 67.4 Å². The predicted molar refractivity (Wildman–Crippen MR) is 139 cm³/mol. The molecule has 3 aromatic carbocycles. The largest absolute Gasteiger partial charge is 0.487 e. The summed E-state index contributed by atoms with van der Waals surface area (Å²) in [5, 5.41) is 11.6. The Balaban J connectivity index is 1.42. The van der Waals surface area contributed by atoms with Crippen molar-refractivity contribution >= 4 is 0 Å². The van der Waals surface area contributed by atoms with Crippen molar-refractivity contribution < 1.29 is 28.8 Å². The number of hydrogen-bond donors (Lipinski definition) is 1. The minimum atomic E-state index is -1.17. The quantitative estimate of drug-likeness (QED) is 0.461.